The Bertz CT molecular complexity index is 607. The molecule has 23 heavy (non-hydrogen) atoms. The molecule has 1 aromatic carbocycles. The summed E-state index contributed by atoms with van der Waals surface area (Å²) in [4.78, 5) is 10.1. The molecular weight excluding hydrogens is 293 g/mol. The van der Waals surface area contributed by atoms with Gasteiger partial charge in [-0.15, -0.1) is 0 Å². The van der Waals surface area contributed by atoms with Crippen LogP contribution in [0, 0.1) is 5.82 Å². The number of benzene rings is 1. The zero-order valence-electron chi connectivity index (χ0n) is 13.4. The van der Waals surface area contributed by atoms with E-state index in [9.17, 15) is 4.39 Å². The second-order valence-corrected chi connectivity index (χ2v) is 5.95. The first-order valence-electron chi connectivity index (χ1n) is 8.17. The van der Waals surface area contributed by atoms with Crippen LogP contribution in [-0.2, 0) is 13.0 Å². The van der Waals surface area contributed by atoms with Gasteiger partial charge in [-0.3, -0.25) is 4.90 Å². The van der Waals surface area contributed by atoms with Gasteiger partial charge in [-0.05, 0) is 30.4 Å². The first-order chi connectivity index (χ1) is 11.2. The van der Waals surface area contributed by atoms with Gasteiger partial charge in [0.05, 0.1) is 12.4 Å². The zero-order valence-corrected chi connectivity index (χ0v) is 13.4. The third kappa shape index (κ3) is 4.48. The van der Waals surface area contributed by atoms with Crippen LogP contribution in [0.15, 0.2) is 36.7 Å². The van der Waals surface area contributed by atoms with Crippen LogP contribution in [0.5, 0.6) is 6.01 Å². The summed E-state index contributed by atoms with van der Waals surface area (Å²) in [5.41, 5.74) is 2.73. The number of hydrogen-bond donors (Lipinski definition) is 0. The average Bonchev–Trinajstić information content (AvgIpc) is 2.59. The van der Waals surface area contributed by atoms with Gasteiger partial charge < -0.3 is 4.74 Å². The van der Waals surface area contributed by atoms with Crippen LogP contribution in [-0.4, -0.2) is 34.1 Å². The lowest BCUT2D eigenvalue weighted by Crippen LogP contribution is -2.38. The van der Waals surface area contributed by atoms with Crippen LogP contribution in [0.1, 0.15) is 30.9 Å². The summed E-state index contributed by atoms with van der Waals surface area (Å²) in [5.74, 6) is -0.443. The number of ether oxygens (including phenoxy) is 1. The van der Waals surface area contributed by atoms with E-state index in [1.807, 2.05) is 0 Å². The van der Waals surface area contributed by atoms with E-state index in [0.717, 1.165) is 51.3 Å². The van der Waals surface area contributed by atoms with Crippen LogP contribution in [0.4, 0.5) is 4.39 Å². The second kappa shape index (κ2) is 7.51. The fourth-order valence-electron chi connectivity index (χ4n) is 2.83. The summed E-state index contributed by atoms with van der Waals surface area (Å²) in [5, 5.41) is 0. The van der Waals surface area contributed by atoms with E-state index in [0.29, 0.717) is 0 Å². The van der Waals surface area contributed by atoms with Crippen LogP contribution in [0.2, 0.25) is 0 Å². The van der Waals surface area contributed by atoms with E-state index in [2.05, 4.69) is 46.1 Å². The van der Waals surface area contributed by atoms with Gasteiger partial charge in [0.2, 0.25) is 0 Å². The van der Waals surface area contributed by atoms with Crippen molar-refractivity contribution in [2.75, 3.05) is 13.1 Å². The maximum absolute atomic E-state index is 12.8. The van der Waals surface area contributed by atoms with Crippen molar-refractivity contribution in [1.82, 2.24) is 14.9 Å². The minimum absolute atomic E-state index is 0.110. The van der Waals surface area contributed by atoms with Crippen molar-refractivity contribution in [2.24, 2.45) is 0 Å². The summed E-state index contributed by atoms with van der Waals surface area (Å²) in [6.07, 6.45) is 5.34. The summed E-state index contributed by atoms with van der Waals surface area (Å²) in [6.45, 7) is 5.12. The molecule has 0 bridgehead atoms. The van der Waals surface area contributed by atoms with Crippen molar-refractivity contribution >= 4 is 0 Å². The highest BCUT2D eigenvalue weighted by atomic mass is 19.1. The second-order valence-electron chi connectivity index (χ2n) is 5.95. The Balaban J connectivity index is 1.47. The van der Waals surface area contributed by atoms with Gasteiger partial charge in [0.25, 0.3) is 0 Å². The van der Waals surface area contributed by atoms with Gasteiger partial charge in [-0.2, -0.15) is 0 Å². The van der Waals surface area contributed by atoms with Gasteiger partial charge in [-0.25, -0.2) is 14.4 Å². The van der Waals surface area contributed by atoms with Gasteiger partial charge in [0.1, 0.15) is 6.10 Å². The Hall–Kier alpha value is -2.01. The molecule has 0 saturated carbocycles. The van der Waals surface area contributed by atoms with Crippen molar-refractivity contribution < 1.29 is 9.13 Å². The molecule has 1 aliphatic heterocycles. The highest BCUT2D eigenvalue weighted by Crippen LogP contribution is 2.18. The maximum atomic E-state index is 12.8. The number of aromatic nitrogens is 2. The van der Waals surface area contributed by atoms with E-state index < -0.39 is 5.82 Å². The lowest BCUT2D eigenvalue weighted by atomic mass is 10.1. The topological polar surface area (TPSA) is 38.2 Å². The van der Waals surface area contributed by atoms with Gasteiger partial charge in [-0.1, -0.05) is 31.2 Å². The summed E-state index contributed by atoms with van der Waals surface area (Å²) >= 11 is 0. The number of likely N-dealkylation sites (tertiary alicyclic amines) is 1. The molecule has 1 fully saturated rings. The molecule has 2 heterocycles. The van der Waals surface area contributed by atoms with Crippen LogP contribution in [0.3, 0.4) is 0 Å². The number of nitrogens with zero attached hydrogens (tertiary/aromatic N) is 3. The Morgan fingerprint density at radius 2 is 1.70 bits per heavy atom. The number of aryl methyl sites for hydroxylation is 1. The SMILES string of the molecule is CCc1ccc(CN2CCC(Oc3ncc(F)cn3)CC2)cc1. The molecular formula is C18H22FN3O. The molecule has 0 aliphatic carbocycles. The predicted molar refractivity (Wildman–Crippen MR) is 86.7 cm³/mol. The molecule has 122 valence electrons. The van der Waals surface area contributed by atoms with Crippen LogP contribution < -0.4 is 4.74 Å². The molecule has 0 radical (unpaired) electrons. The Labute approximate surface area is 136 Å². The minimum Gasteiger partial charge on any atom is -0.460 e. The van der Waals surface area contributed by atoms with E-state index in [4.69, 9.17) is 4.74 Å². The van der Waals surface area contributed by atoms with Crippen molar-refractivity contribution in [3.8, 4) is 6.01 Å². The molecule has 0 N–H and O–H groups in total. The molecule has 5 heteroatoms. The highest BCUT2D eigenvalue weighted by molar-refractivity contribution is 5.22. The fraction of sp³-hybridized carbons (Fsp3) is 0.444. The van der Waals surface area contributed by atoms with Crippen molar-refractivity contribution in [1.29, 1.82) is 0 Å². The lowest BCUT2D eigenvalue weighted by Gasteiger charge is -2.31. The highest BCUT2D eigenvalue weighted by Gasteiger charge is 2.21. The molecule has 1 aliphatic rings. The molecule has 2 aromatic rings. The minimum atomic E-state index is -0.443. The third-order valence-electron chi connectivity index (χ3n) is 4.24. The monoisotopic (exact) mass is 315 g/mol. The smallest absolute Gasteiger partial charge is 0.316 e. The van der Waals surface area contributed by atoms with E-state index in [1.54, 1.807) is 0 Å². The molecule has 0 amide bonds. The number of piperidine rings is 1. The van der Waals surface area contributed by atoms with Crippen LogP contribution in [0.25, 0.3) is 0 Å². The lowest BCUT2D eigenvalue weighted by molar-refractivity contribution is 0.0890. The first-order valence-corrected chi connectivity index (χ1v) is 8.17. The third-order valence-corrected chi connectivity index (χ3v) is 4.24. The van der Waals surface area contributed by atoms with Gasteiger partial charge in [0.15, 0.2) is 5.82 Å². The Morgan fingerprint density at radius 1 is 1.09 bits per heavy atom. The van der Waals surface area contributed by atoms with Crippen LogP contribution >= 0.6 is 0 Å². The quantitative estimate of drug-likeness (QED) is 0.849. The maximum Gasteiger partial charge on any atom is 0.316 e. The largest absolute Gasteiger partial charge is 0.460 e. The van der Waals surface area contributed by atoms with E-state index in [1.165, 1.54) is 11.1 Å². The molecule has 0 spiro atoms. The molecule has 1 aromatic heterocycles. The van der Waals surface area contributed by atoms with Gasteiger partial charge >= 0.3 is 6.01 Å². The van der Waals surface area contributed by atoms with Crippen molar-refractivity contribution in [3.05, 3.63) is 53.6 Å². The van der Waals surface area contributed by atoms with Crippen molar-refractivity contribution in [2.45, 2.75) is 38.8 Å². The van der Waals surface area contributed by atoms with E-state index >= 15 is 0 Å². The Kier molecular flexibility index (Phi) is 5.18. The van der Waals surface area contributed by atoms with Crippen molar-refractivity contribution in [3.63, 3.8) is 0 Å². The number of hydrogen-bond acceptors (Lipinski definition) is 4. The first kappa shape index (κ1) is 15.9. The van der Waals surface area contributed by atoms with E-state index in [-0.39, 0.29) is 12.1 Å². The number of rotatable bonds is 5. The molecule has 0 atom stereocenters. The average molecular weight is 315 g/mol. The molecule has 1 saturated heterocycles. The summed E-state index contributed by atoms with van der Waals surface area (Å²) < 4.78 is 18.5. The summed E-state index contributed by atoms with van der Waals surface area (Å²) in [6, 6.07) is 9.11. The fourth-order valence-corrected chi connectivity index (χ4v) is 2.83. The molecule has 3 rings (SSSR count). The zero-order chi connectivity index (χ0) is 16.1. The summed E-state index contributed by atoms with van der Waals surface area (Å²) in [7, 11) is 0. The standard InChI is InChI=1S/C18H22FN3O/c1-2-14-3-5-15(6-4-14)13-22-9-7-17(8-10-22)23-18-20-11-16(19)12-21-18/h3-6,11-12,17H,2,7-10,13H2,1H3. The number of halogens is 1. The predicted octanol–water partition coefficient (Wildman–Crippen LogP) is 3.22. The molecule has 0 unspecified atom stereocenters. The van der Waals surface area contributed by atoms with Gasteiger partial charge in [0, 0.05) is 19.6 Å². The normalized spacial score (nSPS) is 16.4. The molecule has 4 nitrogen and oxygen atoms in total. The Morgan fingerprint density at radius 3 is 2.30 bits per heavy atom.